The second kappa shape index (κ2) is 5.94. The summed E-state index contributed by atoms with van der Waals surface area (Å²) in [5.74, 6) is -0.0798. The highest BCUT2D eigenvalue weighted by Gasteiger charge is 2.11. The van der Waals surface area contributed by atoms with E-state index in [-0.39, 0.29) is 11.3 Å². The van der Waals surface area contributed by atoms with Crippen molar-refractivity contribution < 1.29 is 8.42 Å². The molecule has 0 unspecified atom stereocenters. The van der Waals surface area contributed by atoms with Gasteiger partial charge in [0.15, 0.2) is 0 Å². The van der Waals surface area contributed by atoms with Gasteiger partial charge in [-0.15, -0.1) is 0 Å². The van der Waals surface area contributed by atoms with E-state index in [2.05, 4.69) is 14.9 Å². The van der Waals surface area contributed by atoms with Crippen LogP contribution in [0.5, 0.6) is 0 Å². The van der Waals surface area contributed by atoms with E-state index in [1.165, 1.54) is 7.05 Å². The SMILES string of the molecule is CNS(=O)(=O)Cc1ccc(-c2n[nH]c(=O)c3ccccc23)cc1. The average molecular weight is 329 g/mol. The van der Waals surface area contributed by atoms with Crippen molar-refractivity contribution in [1.29, 1.82) is 0 Å². The molecule has 0 bridgehead atoms. The predicted molar refractivity (Wildman–Crippen MR) is 89.5 cm³/mol. The average Bonchev–Trinajstić information content (AvgIpc) is 2.56. The monoisotopic (exact) mass is 329 g/mol. The molecule has 0 aliphatic heterocycles. The molecule has 0 amide bonds. The summed E-state index contributed by atoms with van der Waals surface area (Å²) >= 11 is 0. The van der Waals surface area contributed by atoms with Gasteiger partial charge in [0.05, 0.1) is 16.8 Å². The summed E-state index contributed by atoms with van der Waals surface area (Å²) < 4.78 is 25.4. The Morgan fingerprint density at radius 1 is 1.04 bits per heavy atom. The van der Waals surface area contributed by atoms with Crippen molar-refractivity contribution >= 4 is 20.8 Å². The van der Waals surface area contributed by atoms with Gasteiger partial charge >= 0.3 is 0 Å². The van der Waals surface area contributed by atoms with Crippen LogP contribution < -0.4 is 10.3 Å². The normalized spacial score (nSPS) is 11.7. The number of aromatic amines is 1. The fourth-order valence-corrected chi connectivity index (χ4v) is 3.16. The van der Waals surface area contributed by atoms with Gasteiger partial charge < -0.3 is 0 Å². The van der Waals surface area contributed by atoms with Gasteiger partial charge in [0.25, 0.3) is 5.56 Å². The Kier molecular flexibility index (Phi) is 3.97. The summed E-state index contributed by atoms with van der Waals surface area (Å²) in [7, 11) is -1.91. The number of hydrogen-bond acceptors (Lipinski definition) is 4. The first-order valence-corrected chi connectivity index (χ1v) is 8.63. The molecule has 0 fully saturated rings. The summed E-state index contributed by atoms with van der Waals surface area (Å²) in [6.45, 7) is 0. The van der Waals surface area contributed by atoms with Gasteiger partial charge in [-0.1, -0.05) is 42.5 Å². The zero-order chi connectivity index (χ0) is 16.4. The van der Waals surface area contributed by atoms with Gasteiger partial charge in [-0.25, -0.2) is 18.2 Å². The maximum atomic E-state index is 11.8. The van der Waals surface area contributed by atoms with E-state index in [0.717, 1.165) is 10.9 Å². The van der Waals surface area contributed by atoms with Gasteiger partial charge in [-0.3, -0.25) is 4.79 Å². The van der Waals surface area contributed by atoms with E-state index in [1.54, 1.807) is 36.4 Å². The second-order valence-electron chi connectivity index (χ2n) is 5.11. The van der Waals surface area contributed by atoms with Crippen LogP contribution >= 0.6 is 0 Å². The molecule has 0 atom stereocenters. The van der Waals surface area contributed by atoms with E-state index in [1.807, 2.05) is 12.1 Å². The molecule has 2 N–H and O–H groups in total. The molecule has 0 saturated heterocycles. The summed E-state index contributed by atoms with van der Waals surface area (Å²) in [4.78, 5) is 11.8. The Hall–Kier alpha value is -2.51. The number of nitrogens with zero attached hydrogens (tertiary/aromatic N) is 1. The van der Waals surface area contributed by atoms with Crippen LogP contribution in [0, 0.1) is 0 Å². The molecule has 7 heteroatoms. The van der Waals surface area contributed by atoms with Gasteiger partial charge in [0.1, 0.15) is 0 Å². The number of benzene rings is 2. The van der Waals surface area contributed by atoms with Gasteiger partial charge in [0.2, 0.25) is 10.0 Å². The van der Waals surface area contributed by atoms with Crippen LogP contribution in [0.15, 0.2) is 53.3 Å². The minimum Gasteiger partial charge on any atom is -0.267 e. The van der Waals surface area contributed by atoms with Crippen molar-refractivity contribution in [2.45, 2.75) is 5.75 Å². The van der Waals surface area contributed by atoms with Crippen molar-refractivity contribution in [3.63, 3.8) is 0 Å². The van der Waals surface area contributed by atoms with Crippen LogP contribution in [-0.4, -0.2) is 25.7 Å². The second-order valence-corrected chi connectivity index (χ2v) is 7.03. The predicted octanol–water partition coefficient (Wildman–Crippen LogP) is 1.64. The Morgan fingerprint density at radius 2 is 1.70 bits per heavy atom. The van der Waals surface area contributed by atoms with E-state index in [0.29, 0.717) is 16.6 Å². The molecule has 3 aromatic rings. The summed E-state index contributed by atoms with van der Waals surface area (Å²) in [6, 6.07) is 14.3. The molecule has 2 aromatic carbocycles. The molecule has 3 rings (SSSR count). The highest BCUT2D eigenvalue weighted by atomic mass is 32.2. The Morgan fingerprint density at radius 3 is 2.35 bits per heavy atom. The number of aromatic nitrogens is 2. The van der Waals surface area contributed by atoms with Gasteiger partial charge in [-0.2, -0.15) is 5.10 Å². The quantitative estimate of drug-likeness (QED) is 0.761. The fraction of sp³-hybridized carbons (Fsp3) is 0.125. The lowest BCUT2D eigenvalue weighted by atomic mass is 10.0. The Labute approximate surface area is 133 Å². The zero-order valence-electron chi connectivity index (χ0n) is 12.4. The molecule has 23 heavy (non-hydrogen) atoms. The summed E-state index contributed by atoms with van der Waals surface area (Å²) in [6.07, 6.45) is 0. The molecule has 1 heterocycles. The first-order valence-electron chi connectivity index (χ1n) is 6.98. The third-order valence-corrected chi connectivity index (χ3v) is 4.93. The fourth-order valence-electron chi connectivity index (χ4n) is 2.39. The molecule has 0 spiro atoms. The zero-order valence-corrected chi connectivity index (χ0v) is 13.2. The lowest BCUT2D eigenvalue weighted by Gasteiger charge is -2.07. The highest BCUT2D eigenvalue weighted by Crippen LogP contribution is 2.24. The highest BCUT2D eigenvalue weighted by molar-refractivity contribution is 7.88. The number of hydrogen-bond donors (Lipinski definition) is 2. The first-order chi connectivity index (χ1) is 11.0. The smallest absolute Gasteiger partial charge is 0.267 e. The van der Waals surface area contributed by atoms with Crippen LogP contribution in [-0.2, 0) is 15.8 Å². The van der Waals surface area contributed by atoms with E-state index in [9.17, 15) is 13.2 Å². The number of H-pyrrole nitrogens is 1. The minimum absolute atomic E-state index is 0.0798. The standard InChI is InChI=1S/C16H15N3O3S/c1-17-23(21,22)10-11-6-8-12(9-7-11)15-13-4-2-3-5-14(13)16(20)19-18-15/h2-9,17H,10H2,1H3,(H,19,20). The van der Waals surface area contributed by atoms with Crippen molar-refractivity contribution in [2.75, 3.05) is 7.05 Å². The Bertz CT molecular complexity index is 1010. The van der Waals surface area contributed by atoms with E-state index in [4.69, 9.17) is 0 Å². The van der Waals surface area contributed by atoms with Crippen molar-refractivity contribution in [3.8, 4) is 11.3 Å². The van der Waals surface area contributed by atoms with Crippen LogP contribution in [0.25, 0.3) is 22.0 Å². The van der Waals surface area contributed by atoms with Crippen molar-refractivity contribution in [1.82, 2.24) is 14.9 Å². The third kappa shape index (κ3) is 3.15. The molecule has 0 aliphatic carbocycles. The first kappa shape index (κ1) is 15.4. The number of fused-ring (bicyclic) bond motifs is 1. The molecule has 0 radical (unpaired) electrons. The minimum atomic E-state index is -3.30. The molecular weight excluding hydrogens is 314 g/mol. The summed E-state index contributed by atoms with van der Waals surface area (Å²) in [5.41, 5.74) is 1.91. The van der Waals surface area contributed by atoms with Crippen molar-refractivity contribution in [3.05, 3.63) is 64.4 Å². The maximum Gasteiger partial charge on any atom is 0.272 e. The maximum absolute atomic E-state index is 11.8. The van der Waals surface area contributed by atoms with E-state index < -0.39 is 10.0 Å². The molecule has 1 aromatic heterocycles. The number of rotatable bonds is 4. The lowest BCUT2D eigenvalue weighted by Crippen LogP contribution is -2.20. The largest absolute Gasteiger partial charge is 0.272 e. The van der Waals surface area contributed by atoms with E-state index >= 15 is 0 Å². The van der Waals surface area contributed by atoms with Crippen LogP contribution in [0.1, 0.15) is 5.56 Å². The van der Waals surface area contributed by atoms with Crippen molar-refractivity contribution in [2.24, 2.45) is 0 Å². The summed E-state index contributed by atoms with van der Waals surface area (Å²) in [5, 5.41) is 7.95. The van der Waals surface area contributed by atoms with Gasteiger partial charge in [0, 0.05) is 10.9 Å². The molecular formula is C16H15N3O3S. The number of nitrogens with one attached hydrogen (secondary N) is 2. The Balaban J connectivity index is 2.04. The van der Waals surface area contributed by atoms with Gasteiger partial charge in [-0.05, 0) is 18.7 Å². The molecule has 0 aliphatic rings. The molecule has 6 nitrogen and oxygen atoms in total. The number of sulfonamides is 1. The van der Waals surface area contributed by atoms with Crippen LogP contribution in [0.2, 0.25) is 0 Å². The molecule has 0 saturated carbocycles. The molecule has 118 valence electrons. The lowest BCUT2D eigenvalue weighted by molar-refractivity contribution is 0.587. The van der Waals surface area contributed by atoms with Crippen LogP contribution in [0.4, 0.5) is 0 Å². The van der Waals surface area contributed by atoms with Crippen LogP contribution in [0.3, 0.4) is 0 Å². The third-order valence-electron chi connectivity index (χ3n) is 3.59. The topological polar surface area (TPSA) is 91.9 Å².